The molecule has 0 bridgehead atoms. The number of benzene rings is 1. The highest BCUT2D eigenvalue weighted by molar-refractivity contribution is 5.81. The van der Waals surface area contributed by atoms with Crippen molar-refractivity contribution in [2.75, 3.05) is 19.8 Å². The summed E-state index contributed by atoms with van der Waals surface area (Å²) in [5.74, 6) is 0. The Labute approximate surface area is 118 Å². The van der Waals surface area contributed by atoms with Crippen LogP contribution >= 0.6 is 0 Å². The summed E-state index contributed by atoms with van der Waals surface area (Å²) in [7, 11) is 1.95. The van der Waals surface area contributed by atoms with Gasteiger partial charge in [-0.05, 0) is 18.9 Å². The first-order valence-electron chi connectivity index (χ1n) is 7.06. The lowest BCUT2D eigenvalue weighted by Gasteiger charge is -2.35. The highest BCUT2D eigenvalue weighted by Gasteiger charge is 2.32. The number of para-hydroxylation sites is 1. The lowest BCUT2D eigenvalue weighted by Crippen LogP contribution is -2.47. The van der Waals surface area contributed by atoms with Crippen LogP contribution in [0.15, 0.2) is 24.3 Å². The fourth-order valence-electron chi connectivity index (χ4n) is 2.78. The lowest BCUT2D eigenvalue weighted by molar-refractivity contribution is -0.130. The van der Waals surface area contributed by atoms with Crippen molar-refractivity contribution in [1.82, 2.24) is 9.78 Å². The minimum atomic E-state index is -0.350. The summed E-state index contributed by atoms with van der Waals surface area (Å²) in [5.41, 5.74) is 7.62. The van der Waals surface area contributed by atoms with E-state index >= 15 is 0 Å². The second-order valence-corrected chi connectivity index (χ2v) is 5.42. The van der Waals surface area contributed by atoms with Gasteiger partial charge in [0.15, 0.2) is 0 Å². The average molecular weight is 275 g/mol. The van der Waals surface area contributed by atoms with Gasteiger partial charge in [-0.25, -0.2) is 0 Å². The standard InChI is InChI=1S/C15H21N3O2/c1-18-14-6-3-2-5-12(14)13(17-18)9-20-15(10-16)7-4-8-19-11-15/h2-3,5-6H,4,7-11,16H2,1H3. The first-order chi connectivity index (χ1) is 9.74. The van der Waals surface area contributed by atoms with Crippen LogP contribution in [0.4, 0.5) is 0 Å². The molecule has 0 aliphatic carbocycles. The number of fused-ring (bicyclic) bond motifs is 1. The van der Waals surface area contributed by atoms with Crippen molar-refractivity contribution in [2.24, 2.45) is 12.8 Å². The normalized spacial score (nSPS) is 23.3. The minimum Gasteiger partial charge on any atom is -0.378 e. The van der Waals surface area contributed by atoms with Crippen molar-refractivity contribution in [3.63, 3.8) is 0 Å². The molecule has 3 rings (SSSR count). The molecule has 5 nitrogen and oxygen atoms in total. The summed E-state index contributed by atoms with van der Waals surface area (Å²) in [6.07, 6.45) is 1.95. The second-order valence-electron chi connectivity index (χ2n) is 5.42. The molecule has 1 saturated heterocycles. The molecule has 1 atom stereocenters. The number of rotatable bonds is 4. The van der Waals surface area contributed by atoms with Crippen LogP contribution < -0.4 is 5.73 Å². The molecule has 0 spiro atoms. The molecular formula is C15H21N3O2. The number of ether oxygens (including phenoxy) is 2. The molecule has 108 valence electrons. The number of nitrogens with zero attached hydrogens (tertiary/aromatic N) is 2. The SMILES string of the molecule is Cn1nc(COC2(CN)CCCOC2)c2ccccc21. The van der Waals surface area contributed by atoms with Gasteiger partial charge in [-0.1, -0.05) is 18.2 Å². The molecule has 0 saturated carbocycles. The molecule has 1 aromatic carbocycles. The zero-order valence-electron chi connectivity index (χ0n) is 11.8. The number of aryl methyl sites for hydroxylation is 1. The first-order valence-corrected chi connectivity index (χ1v) is 7.06. The molecule has 1 aliphatic rings. The van der Waals surface area contributed by atoms with E-state index in [1.54, 1.807) is 0 Å². The van der Waals surface area contributed by atoms with Gasteiger partial charge in [-0.3, -0.25) is 4.68 Å². The van der Waals surface area contributed by atoms with Crippen LogP contribution in [0.25, 0.3) is 10.9 Å². The van der Waals surface area contributed by atoms with Gasteiger partial charge in [0.2, 0.25) is 0 Å². The Bertz CT molecular complexity index is 588. The highest BCUT2D eigenvalue weighted by Crippen LogP contribution is 2.25. The predicted octanol–water partition coefficient (Wildman–Crippen LogP) is 1.60. The summed E-state index contributed by atoms with van der Waals surface area (Å²) < 4.78 is 13.5. The van der Waals surface area contributed by atoms with Crippen LogP contribution in [-0.2, 0) is 23.1 Å². The maximum Gasteiger partial charge on any atom is 0.104 e. The topological polar surface area (TPSA) is 62.3 Å². The Kier molecular flexibility index (Phi) is 3.74. The van der Waals surface area contributed by atoms with Crippen molar-refractivity contribution in [3.05, 3.63) is 30.0 Å². The Morgan fingerprint density at radius 2 is 2.30 bits per heavy atom. The van der Waals surface area contributed by atoms with Crippen LogP contribution in [0.1, 0.15) is 18.5 Å². The molecule has 1 aromatic heterocycles. The number of hydrogen-bond acceptors (Lipinski definition) is 4. The highest BCUT2D eigenvalue weighted by atomic mass is 16.5. The summed E-state index contributed by atoms with van der Waals surface area (Å²) in [6.45, 7) is 2.34. The molecule has 1 aliphatic heterocycles. The van der Waals surface area contributed by atoms with Crippen molar-refractivity contribution in [1.29, 1.82) is 0 Å². The van der Waals surface area contributed by atoms with Crippen LogP contribution in [0.2, 0.25) is 0 Å². The van der Waals surface area contributed by atoms with Crippen LogP contribution in [-0.4, -0.2) is 35.1 Å². The van der Waals surface area contributed by atoms with Crippen molar-refractivity contribution in [2.45, 2.75) is 25.0 Å². The van der Waals surface area contributed by atoms with Gasteiger partial charge < -0.3 is 15.2 Å². The molecule has 1 unspecified atom stereocenters. The maximum atomic E-state index is 6.10. The fraction of sp³-hybridized carbons (Fsp3) is 0.533. The smallest absolute Gasteiger partial charge is 0.104 e. The van der Waals surface area contributed by atoms with E-state index in [1.165, 1.54) is 0 Å². The van der Waals surface area contributed by atoms with E-state index in [-0.39, 0.29) is 5.60 Å². The molecule has 1 fully saturated rings. The first kappa shape index (κ1) is 13.5. The molecular weight excluding hydrogens is 254 g/mol. The Hall–Kier alpha value is -1.43. The van der Waals surface area contributed by atoms with E-state index < -0.39 is 0 Å². The van der Waals surface area contributed by atoms with Gasteiger partial charge in [-0.15, -0.1) is 0 Å². The van der Waals surface area contributed by atoms with Crippen molar-refractivity contribution in [3.8, 4) is 0 Å². The zero-order valence-corrected chi connectivity index (χ0v) is 11.8. The van der Waals surface area contributed by atoms with Crippen LogP contribution in [0.3, 0.4) is 0 Å². The molecule has 5 heteroatoms. The Morgan fingerprint density at radius 1 is 1.45 bits per heavy atom. The average Bonchev–Trinajstić information content (AvgIpc) is 2.83. The minimum absolute atomic E-state index is 0.350. The van der Waals surface area contributed by atoms with Gasteiger partial charge in [0.05, 0.1) is 24.4 Å². The molecule has 2 N–H and O–H groups in total. The molecule has 0 amide bonds. The van der Waals surface area contributed by atoms with E-state index in [2.05, 4.69) is 17.2 Å². The zero-order chi connectivity index (χ0) is 14.0. The van der Waals surface area contributed by atoms with E-state index in [0.29, 0.717) is 19.8 Å². The van der Waals surface area contributed by atoms with Crippen molar-refractivity contribution >= 4 is 10.9 Å². The molecule has 2 aromatic rings. The van der Waals surface area contributed by atoms with Gasteiger partial charge in [0.1, 0.15) is 5.60 Å². The van der Waals surface area contributed by atoms with Gasteiger partial charge in [-0.2, -0.15) is 5.10 Å². The quantitative estimate of drug-likeness (QED) is 0.920. The van der Waals surface area contributed by atoms with Gasteiger partial charge in [0.25, 0.3) is 0 Å². The Morgan fingerprint density at radius 3 is 3.05 bits per heavy atom. The summed E-state index contributed by atoms with van der Waals surface area (Å²) in [6, 6.07) is 8.18. The lowest BCUT2D eigenvalue weighted by atomic mass is 9.96. The second kappa shape index (κ2) is 5.52. The van der Waals surface area contributed by atoms with Gasteiger partial charge in [0, 0.05) is 25.6 Å². The number of nitrogens with two attached hydrogens (primary N) is 1. The van der Waals surface area contributed by atoms with E-state index in [1.807, 2.05) is 23.9 Å². The van der Waals surface area contributed by atoms with Crippen molar-refractivity contribution < 1.29 is 9.47 Å². The molecule has 2 heterocycles. The number of aromatic nitrogens is 2. The predicted molar refractivity (Wildman–Crippen MR) is 77.3 cm³/mol. The summed E-state index contributed by atoms with van der Waals surface area (Å²) in [5, 5.41) is 5.69. The number of hydrogen-bond donors (Lipinski definition) is 1. The molecule has 20 heavy (non-hydrogen) atoms. The Balaban J connectivity index is 1.79. The summed E-state index contributed by atoms with van der Waals surface area (Å²) in [4.78, 5) is 0. The van der Waals surface area contributed by atoms with Gasteiger partial charge >= 0.3 is 0 Å². The van der Waals surface area contributed by atoms with Crippen LogP contribution in [0, 0.1) is 0 Å². The monoisotopic (exact) mass is 275 g/mol. The summed E-state index contributed by atoms with van der Waals surface area (Å²) >= 11 is 0. The van der Waals surface area contributed by atoms with Crippen LogP contribution in [0.5, 0.6) is 0 Å². The van der Waals surface area contributed by atoms with E-state index in [4.69, 9.17) is 15.2 Å². The third-order valence-corrected chi connectivity index (χ3v) is 4.01. The largest absolute Gasteiger partial charge is 0.378 e. The maximum absolute atomic E-state index is 6.10. The fourth-order valence-corrected chi connectivity index (χ4v) is 2.78. The molecule has 0 radical (unpaired) electrons. The van der Waals surface area contributed by atoms with E-state index in [0.717, 1.165) is 36.0 Å². The third-order valence-electron chi connectivity index (χ3n) is 4.01. The third kappa shape index (κ3) is 2.44. The van der Waals surface area contributed by atoms with E-state index in [9.17, 15) is 0 Å².